The molecule has 0 bridgehead atoms. The molecule has 0 fully saturated rings. The Labute approximate surface area is 102 Å². The van der Waals surface area contributed by atoms with Crippen molar-refractivity contribution in [1.29, 1.82) is 0 Å². The van der Waals surface area contributed by atoms with Crippen LogP contribution < -0.4 is 10.6 Å². The van der Waals surface area contributed by atoms with Gasteiger partial charge in [0.1, 0.15) is 0 Å². The molecule has 0 radical (unpaired) electrons. The molecule has 5 nitrogen and oxygen atoms in total. The zero-order valence-corrected chi connectivity index (χ0v) is 10.6. The van der Waals surface area contributed by atoms with E-state index >= 15 is 0 Å². The third-order valence-electron chi connectivity index (χ3n) is 2.38. The van der Waals surface area contributed by atoms with E-state index in [4.69, 9.17) is 5.11 Å². The first kappa shape index (κ1) is 15.6. The molecule has 0 saturated carbocycles. The van der Waals surface area contributed by atoms with Gasteiger partial charge in [0.2, 0.25) is 5.91 Å². The third kappa shape index (κ3) is 8.45. The summed E-state index contributed by atoms with van der Waals surface area (Å²) in [5.41, 5.74) is 0. The molecule has 0 aliphatic rings. The molecular formula is C12H22N2O3. The van der Waals surface area contributed by atoms with Gasteiger partial charge in [-0.3, -0.25) is 9.59 Å². The summed E-state index contributed by atoms with van der Waals surface area (Å²) in [5, 5.41) is 14.5. The molecule has 5 heteroatoms. The Morgan fingerprint density at radius 1 is 1.35 bits per heavy atom. The van der Waals surface area contributed by atoms with Gasteiger partial charge in [0.05, 0.1) is 11.8 Å². The zero-order valence-electron chi connectivity index (χ0n) is 10.6. The Morgan fingerprint density at radius 3 is 2.47 bits per heavy atom. The van der Waals surface area contributed by atoms with Gasteiger partial charge in [-0.25, -0.2) is 0 Å². The van der Waals surface area contributed by atoms with Crippen molar-refractivity contribution in [2.75, 3.05) is 13.6 Å². The van der Waals surface area contributed by atoms with Crippen LogP contribution in [0.15, 0.2) is 12.3 Å². The van der Waals surface area contributed by atoms with Gasteiger partial charge in [-0.15, -0.1) is 0 Å². The van der Waals surface area contributed by atoms with E-state index in [1.165, 1.54) is 6.92 Å². The molecule has 0 aliphatic heterocycles. The number of amides is 1. The second-order valence-electron chi connectivity index (χ2n) is 4.04. The van der Waals surface area contributed by atoms with Gasteiger partial charge in [-0.05, 0) is 33.4 Å². The number of aliphatic hydroxyl groups excluding tert-OH is 1. The Balaban J connectivity index is 3.95. The van der Waals surface area contributed by atoms with Crippen molar-refractivity contribution in [3.63, 3.8) is 0 Å². The number of Topliss-reactive ketones (excluding diaryl/α,β-unsaturated/α-hetero) is 1. The van der Waals surface area contributed by atoms with Crippen LogP contribution in [0.2, 0.25) is 0 Å². The number of carbonyl (C=O) groups excluding carboxylic acids is 2. The largest absolute Gasteiger partial charge is 0.513 e. The van der Waals surface area contributed by atoms with E-state index in [1.807, 2.05) is 0 Å². The monoisotopic (exact) mass is 242 g/mol. The van der Waals surface area contributed by atoms with Crippen molar-refractivity contribution < 1.29 is 14.7 Å². The van der Waals surface area contributed by atoms with E-state index in [-0.39, 0.29) is 17.4 Å². The summed E-state index contributed by atoms with van der Waals surface area (Å²) in [5.74, 6) is -0.126. The standard InChI is InChI=1S/C12H22N2O3/c1-9(15)5-4-6-12(17)14-11(10(2)16)7-8-13-3/h11,13,15H,1,4-8H2,2-3H3,(H,14,17). The minimum atomic E-state index is -0.424. The quantitative estimate of drug-likeness (QED) is 0.525. The fraction of sp³-hybridized carbons (Fsp3) is 0.667. The molecule has 0 saturated heterocycles. The summed E-state index contributed by atoms with van der Waals surface area (Å²) in [6.07, 6.45) is 1.83. The molecule has 1 atom stereocenters. The number of carbonyl (C=O) groups is 2. The summed E-state index contributed by atoms with van der Waals surface area (Å²) in [4.78, 5) is 22.8. The van der Waals surface area contributed by atoms with E-state index < -0.39 is 6.04 Å². The van der Waals surface area contributed by atoms with Gasteiger partial charge in [0, 0.05) is 12.8 Å². The highest BCUT2D eigenvalue weighted by Gasteiger charge is 2.15. The van der Waals surface area contributed by atoms with Crippen molar-refractivity contribution >= 4 is 11.7 Å². The minimum absolute atomic E-state index is 0.0415. The van der Waals surface area contributed by atoms with Crippen LogP contribution in [0.25, 0.3) is 0 Å². The van der Waals surface area contributed by atoms with Crippen LogP contribution in [0, 0.1) is 0 Å². The highest BCUT2D eigenvalue weighted by molar-refractivity contribution is 5.87. The molecule has 17 heavy (non-hydrogen) atoms. The Bertz CT molecular complexity index is 277. The topological polar surface area (TPSA) is 78.4 Å². The lowest BCUT2D eigenvalue weighted by atomic mass is 10.1. The van der Waals surface area contributed by atoms with E-state index in [0.29, 0.717) is 32.2 Å². The first-order chi connectivity index (χ1) is 7.97. The van der Waals surface area contributed by atoms with Gasteiger partial charge in [0.15, 0.2) is 5.78 Å². The minimum Gasteiger partial charge on any atom is -0.513 e. The van der Waals surface area contributed by atoms with E-state index in [9.17, 15) is 9.59 Å². The third-order valence-corrected chi connectivity index (χ3v) is 2.38. The SMILES string of the molecule is C=C(O)CCCC(=O)NC(CCNC)C(C)=O. The van der Waals surface area contributed by atoms with Crippen LogP contribution in [0.1, 0.15) is 32.6 Å². The number of hydrogen-bond donors (Lipinski definition) is 3. The lowest BCUT2D eigenvalue weighted by molar-refractivity contribution is -0.127. The maximum absolute atomic E-state index is 11.5. The molecule has 0 aromatic heterocycles. The maximum Gasteiger partial charge on any atom is 0.220 e. The maximum atomic E-state index is 11.5. The summed E-state index contributed by atoms with van der Waals surface area (Å²) in [6.45, 7) is 5.49. The molecule has 0 aliphatic carbocycles. The zero-order chi connectivity index (χ0) is 13.3. The summed E-state index contributed by atoms with van der Waals surface area (Å²) < 4.78 is 0. The van der Waals surface area contributed by atoms with Gasteiger partial charge in [-0.1, -0.05) is 6.58 Å². The number of nitrogens with one attached hydrogen (secondary N) is 2. The first-order valence-electron chi connectivity index (χ1n) is 5.78. The van der Waals surface area contributed by atoms with Crippen LogP contribution in [0.5, 0.6) is 0 Å². The van der Waals surface area contributed by atoms with Crippen LogP contribution in [0.4, 0.5) is 0 Å². The molecule has 3 N–H and O–H groups in total. The van der Waals surface area contributed by atoms with E-state index in [1.54, 1.807) is 7.05 Å². The van der Waals surface area contributed by atoms with Crippen LogP contribution >= 0.6 is 0 Å². The molecule has 0 aromatic carbocycles. The average molecular weight is 242 g/mol. The smallest absolute Gasteiger partial charge is 0.220 e. The molecule has 1 amide bonds. The van der Waals surface area contributed by atoms with Gasteiger partial charge < -0.3 is 15.7 Å². The van der Waals surface area contributed by atoms with Crippen molar-refractivity contribution in [3.05, 3.63) is 12.3 Å². The molecule has 0 rings (SSSR count). The van der Waals surface area contributed by atoms with Crippen molar-refractivity contribution in [1.82, 2.24) is 10.6 Å². The second kappa shape index (κ2) is 8.75. The number of allylic oxidation sites excluding steroid dienone is 1. The highest BCUT2D eigenvalue weighted by atomic mass is 16.3. The molecule has 0 spiro atoms. The van der Waals surface area contributed by atoms with Gasteiger partial charge in [-0.2, -0.15) is 0 Å². The van der Waals surface area contributed by atoms with Crippen LogP contribution in [0.3, 0.4) is 0 Å². The summed E-state index contributed by atoms with van der Waals surface area (Å²) >= 11 is 0. The van der Waals surface area contributed by atoms with E-state index in [2.05, 4.69) is 17.2 Å². The highest BCUT2D eigenvalue weighted by Crippen LogP contribution is 2.02. The average Bonchev–Trinajstić information content (AvgIpc) is 2.23. The predicted octanol–water partition coefficient (Wildman–Crippen LogP) is 0.912. The Hall–Kier alpha value is -1.36. The molecule has 0 aromatic rings. The van der Waals surface area contributed by atoms with E-state index in [0.717, 1.165) is 0 Å². The Morgan fingerprint density at radius 2 is 2.00 bits per heavy atom. The fourth-order valence-electron chi connectivity index (χ4n) is 1.39. The normalized spacial score (nSPS) is 11.9. The fourth-order valence-corrected chi connectivity index (χ4v) is 1.39. The number of rotatable bonds is 9. The molecule has 98 valence electrons. The van der Waals surface area contributed by atoms with Crippen molar-refractivity contribution in [2.24, 2.45) is 0 Å². The number of ketones is 1. The number of hydrogen-bond acceptors (Lipinski definition) is 4. The summed E-state index contributed by atoms with van der Waals surface area (Å²) in [6, 6.07) is -0.424. The molecular weight excluding hydrogens is 220 g/mol. The van der Waals surface area contributed by atoms with Gasteiger partial charge >= 0.3 is 0 Å². The lowest BCUT2D eigenvalue weighted by Crippen LogP contribution is -2.41. The summed E-state index contributed by atoms with van der Waals surface area (Å²) in [7, 11) is 1.80. The Kier molecular flexibility index (Phi) is 8.05. The second-order valence-corrected chi connectivity index (χ2v) is 4.04. The van der Waals surface area contributed by atoms with Gasteiger partial charge in [0.25, 0.3) is 0 Å². The molecule has 0 heterocycles. The first-order valence-corrected chi connectivity index (χ1v) is 5.78. The lowest BCUT2D eigenvalue weighted by Gasteiger charge is -2.15. The number of aliphatic hydroxyl groups is 1. The van der Waals surface area contributed by atoms with Crippen LogP contribution in [-0.4, -0.2) is 36.4 Å². The van der Waals surface area contributed by atoms with Crippen LogP contribution in [-0.2, 0) is 9.59 Å². The van der Waals surface area contributed by atoms with Crippen molar-refractivity contribution in [2.45, 2.75) is 38.6 Å². The van der Waals surface area contributed by atoms with Crippen molar-refractivity contribution in [3.8, 4) is 0 Å². The molecule has 1 unspecified atom stereocenters. The predicted molar refractivity (Wildman–Crippen MR) is 66.8 cm³/mol.